The van der Waals surface area contributed by atoms with Gasteiger partial charge in [-0.2, -0.15) is 0 Å². The summed E-state index contributed by atoms with van der Waals surface area (Å²) in [5, 5.41) is 12.7. The van der Waals surface area contributed by atoms with Gasteiger partial charge in [-0.3, -0.25) is 0 Å². The number of rotatable bonds is 1. The molecule has 92 valence electrons. The van der Waals surface area contributed by atoms with Crippen molar-refractivity contribution in [1.82, 2.24) is 0 Å². The highest BCUT2D eigenvalue weighted by Gasteiger charge is 2.26. The molecule has 2 heterocycles. The normalized spacial score (nSPS) is 18.4. The summed E-state index contributed by atoms with van der Waals surface area (Å²) in [6.45, 7) is 2.11. The van der Waals surface area contributed by atoms with Gasteiger partial charge in [0, 0.05) is 16.6 Å². The standard InChI is InChI=1S/C14H12ClNOS/c1-9-14-10(6-7-18-14)11(15)8-16(9)12-4-2-3-5-13(12)17/h2-9,17H,1H3. The highest BCUT2D eigenvalue weighted by Crippen LogP contribution is 2.43. The summed E-state index contributed by atoms with van der Waals surface area (Å²) >= 11 is 7.99. The number of phenolic OH excluding ortho intramolecular Hbond substituents is 1. The quantitative estimate of drug-likeness (QED) is 0.825. The lowest BCUT2D eigenvalue weighted by atomic mass is 10.1. The van der Waals surface area contributed by atoms with E-state index in [0.717, 1.165) is 11.3 Å². The number of para-hydroxylation sites is 2. The molecule has 0 bridgehead atoms. The monoisotopic (exact) mass is 277 g/mol. The van der Waals surface area contributed by atoms with Crippen molar-refractivity contribution in [2.75, 3.05) is 4.90 Å². The molecule has 1 unspecified atom stereocenters. The van der Waals surface area contributed by atoms with E-state index in [0.29, 0.717) is 5.03 Å². The minimum absolute atomic E-state index is 0.177. The van der Waals surface area contributed by atoms with Crippen LogP contribution in [-0.2, 0) is 0 Å². The molecule has 1 atom stereocenters. The number of halogens is 1. The van der Waals surface area contributed by atoms with Crippen molar-refractivity contribution in [2.24, 2.45) is 0 Å². The first-order chi connectivity index (χ1) is 8.68. The molecule has 1 N–H and O–H groups in total. The van der Waals surface area contributed by atoms with Gasteiger partial charge in [0.25, 0.3) is 0 Å². The Labute approximate surface area is 115 Å². The number of thiophene rings is 1. The highest BCUT2D eigenvalue weighted by molar-refractivity contribution is 7.10. The number of fused-ring (bicyclic) bond motifs is 1. The molecule has 1 aromatic heterocycles. The second-order valence-corrected chi connectivity index (χ2v) is 5.60. The SMILES string of the molecule is CC1c2sccc2C(Cl)=CN1c1ccccc1O. The van der Waals surface area contributed by atoms with Gasteiger partial charge in [-0.15, -0.1) is 11.3 Å². The zero-order valence-corrected chi connectivity index (χ0v) is 11.4. The van der Waals surface area contributed by atoms with Crippen LogP contribution in [0, 0.1) is 0 Å². The van der Waals surface area contributed by atoms with Gasteiger partial charge < -0.3 is 10.0 Å². The number of anilines is 1. The molecule has 0 radical (unpaired) electrons. The fourth-order valence-electron chi connectivity index (χ4n) is 2.23. The van der Waals surface area contributed by atoms with Crippen molar-refractivity contribution in [3.63, 3.8) is 0 Å². The summed E-state index contributed by atoms with van der Waals surface area (Å²) in [6, 6.07) is 9.52. The maximum absolute atomic E-state index is 9.95. The van der Waals surface area contributed by atoms with E-state index >= 15 is 0 Å². The van der Waals surface area contributed by atoms with E-state index in [4.69, 9.17) is 11.6 Å². The third kappa shape index (κ3) is 1.71. The summed E-state index contributed by atoms with van der Waals surface area (Å²) < 4.78 is 0. The molecule has 0 aliphatic carbocycles. The van der Waals surface area contributed by atoms with Gasteiger partial charge in [-0.25, -0.2) is 0 Å². The van der Waals surface area contributed by atoms with Crippen molar-refractivity contribution in [1.29, 1.82) is 0 Å². The Kier molecular flexibility index (Phi) is 2.80. The predicted molar refractivity (Wildman–Crippen MR) is 77.1 cm³/mol. The van der Waals surface area contributed by atoms with Gasteiger partial charge in [0.2, 0.25) is 0 Å². The van der Waals surface area contributed by atoms with Gasteiger partial charge in [-0.05, 0) is 30.5 Å². The lowest BCUT2D eigenvalue weighted by molar-refractivity contribution is 0.474. The molecule has 0 saturated heterocycles. The molecule has 2 aromatic rings. The zero-order chi connectivity index (χ0) is 12.7. The van der Waals surface area contributed by atoms with Crippen molar-refractivity contribution >= 4 is 33.7 Å². The van der Waals surface area contributed by atoms with Gasteiger partial charge >= 0.3 is 0 Å². The second kappa shape index (κ2) is 4.34. The van der Waals surface area contributed by atoms with Crippen LogP contribution in [0.4, 0.5) is 5.69 Å². The Morgan fingerprint density at radius 1 is 1.28 bits per heavy atom. The van der Waals surface area contributed by atoms with Crippen LogP contribution in [-0.4, -0.2) is 5.11 Å². The van der Waals surface area contributed by atoms with Crippen molar-refractivity contribution in [3.8, 4) is 5.75 Å². The first kappa shape index (κ1) is 11.6. The minimum atomic E-state index is 0.177. The van der Waals surface area contributed by atoms with Crippen LogP contribution in [0.1, 0.15) is 23.4 Å². The topological polar surface area (TPSA) is 23.5 Å². The number of aromatic hydroxyl groups is 1. The first-order valence-electron chi connectivity index (χ1n) is 5.70. The number of benzene rings is 1. The number of nitrogens with zero attached hydrogens (tertiary/aromatic N) is 1. The van der Waals surface area contributed by atoms with E-state index < -0.39 is 0 Å². The van der Waals surface area contributed by atoms with Crippen LogP contribution in [0.25, 0.3) is 5.03 Å². The lowest BCUT2D eigenvalue weighted by Crippen LogP contribution is -2.23. The van der Waals surface area contributed by atoms with Crippen molar-refractivity contribution in [2.45, 2.75) is 13.0 Å². The summed E-state index contributed by atoms with van der Waals surface area (Å²) in [6.07, 6.45) is 1.89. The molecule has 0 spiro atoms. The maximum Gasteiger partial charge on any atom is 0.139 e. The van der Waals surface area contributed by atoms with E-state index in [1.54, 1.807) is 17.4 Å². The number of phenols is 1. The Morgan fingerprint density at radius 3 is 2.83 bits per heavy atom. The van der Waals surface area contributed by atoms with Gasteiger partial charge in [0.15, 0.2) is 0 Å². The Balaban J connectivity index is 2.11. The van der Waals surface area contributed by atoms with E-state index in [-0.39, 0.29) is 11.8 Å². The molecular weight excluding hydrogens is 266 g/mol. The summed E-state index contributed by atoms with van der Waals surface area (Å²) in [5.41, 5.74) is 1.88. The molecule has 18 heavy (non-hydrogen) atoms. The fourth-order valence-corrected chi connectivity index (χ4v) is 3.52. The molecule has 0 saturated carbocycles. The van der Waals surface area contributed by atoms with Gasteiger partial charge in [0.1, 0.15) is 5.75 Å². The summed E-state index contributed by atoms with van der Waals surface area (Å²) in [5.74, 6) is 0.269. The first-order valence-corrected chi connectivity index (χ1v) is 6.95. The Hall–Kier alpha value is -1.45. The van der Waals surface area contributed by atoms with Crippen LogP contribution >= 0.6 is 22.9 Å². The summed E-state index contributed by atoms with van der Waals surface area (Å²) in [4.78, 5) is 3.24. The average molecular weight is 278 g/mol. The second-order valence-electron chi connectivity index (χ2n) is 4.25. The molecule has 1 aromatic carbocycles. The average Bonchev–Trinajstić information content (AvgIpc) is 2.85. The highest BCUT2D eigenvalue weighted by atomic mass is 35.5. The molecule has 0 fully saturated rings. The van der Waals surface area contributed by atoms with Crippen LogP contribution in [0.2, 0.25) is 0 Å². The Bertz CT molecular complexity index is 620. The minimum Gasteiger partial charge on any atom is -0.506 e. The van der Waals surface area contributed by atoms with Crippen LogP contribution in [0.5, 0.6) is 5.75 Å². The third-order valence-electron chi connectivity index (χ3n) is 3.16. The van der Waals surface area contributed by atoms with E-state index in [1.165, 1.54) is 4.88 Å². The fraction of sp³-hybridized carbons (Fsp3) is 0.143. The zero-order valence-electron chi connectivity index (χ0n) is 9.80. The van der Waals surface area contributed by atoms with E-state index in [2.05, 4.69) is 6.92 Å². The maximum atomic E-state index is 9.95. The summed E-state index contributed by atoms with van der Waals surface area (Å²) in [7, 11) is 0. The number of hydrogen-bond acceptors (Lipinski definition) is 3. The van der Waals surface area contributed by atoms with Gasteiger partial charge in [-0.1, -0.05) is 23.7 Å². The molecule has 4 heteroatoms. The van der Waals surface area contributed by atoms with E-state index in [9.17, 15) is 5.11 Å². The third-order valence-corrected chi connectivity index (χ3v) is 4.55. The molecule has 1 aliphatic heterocycles. The van der Waals surface area contributed by atoms with Gasteiger partial charge in [0.05, 0.1) is 16.8 Å². The number of hydrogen-bond donors (Lipinski definition) is 1. The molecule has 3 rings (SSSR count). The molecule has 2 nitrogen and oxygen atoms in total. The van der Waals surface area contributed by atoms with Crippen molar-refractivity contribution in [3.05, 3.63) is 52.4 Å². The lowest BCUT2D eigenvalue weighted by Gasteiger charge is -2.32. The largest absolute Gasteiger partial charge is 0.506 e. The molecule has 1 aliphatic rings. The molecular formula is C14H12ClNOS. The Morgan fingerprint density at radius 2 is 2.06 bits per heavy atom. The van der Waals surface area contributed by atoms with Crippen LogP contribution < -0.4 is 4.90 Å². The predicted octanol–water partition coefficient (Wildman–Crippen LogP) is 4.57. The van der Waals surface area contributed by atoms with E-state index in [1.807, 2.05) is 40.7 Å². The van der Waals surface area contributed by atoms with Crippen molar-refractivity contribution < 1.29 is 5.11 Å². The smallest absolute Gasteiger partial charge is 0.139 e. The molecule has 0 amide bonds. The van der Waals surface area contributed by atoms with Crippen LogP contribution in [0.15, 0.2) is 41.9 Å². The van der Waals surface area contributed by atoms with Crippen LogP contribution in [0.3, 0.4) is 0 Å².